The third-order valence-corrected chi connectivity index (χ3v) is 2.75. The van der Waals surface area contributed by atoms with Gasteiger partial charge in [0.25, 0.3) is 0 Å². The average Bonchev–Trinajstić information content (AvgIpc) is 2.82. The second kappa shape index (κ2) is 3.96. The number of rotatable bonds is 2. The number of amidine groups is 1. The van der Waals surface area contributed by atoms with E-state index in [0.29, 0.717) is 11.4 Å². The normalized spacial score (nSPS) is 10.7. The van der Waals surface area contributed by atoms with Gasteiger partial charge in [-0.05, 0) is 18.2 Å². The van der Waals surface area contributed by atoms with Gasteiger partial charge in [0.2, 0.25) is 0 Å². The summed E-state index contributed by atoms with van der Waals surface area (Å²) < 4.78 is 1.70. The molecule has 0 saturated heterocycles. The maximum Gasteiger partial charge on any atom is 0.164 e. The molecule has 0 fully saturated rings. The number of pyridine rings is 1. The van der Waals surface area contributed by atoms with Crippen LogP contribution in [0.2, 0.25) is 0 Å². The van der Waals surface area contributed by atoms with Crippen molar-refractivity contribution >= 4 is 16.7 Å². The van der Waals surface area contributed by atoms with Crippen LogP contribution >= 0.6 is 0 Å². The summed E-state index contributed by atoms with van der Waals surface area (Å²) >= 11 is 0. The summed E-state index contributed by atoms with van der Waals surface area (Å²) in [6.45, 7) is 0. The van der Waals surface area contributed by atoms with Gasteiger partial charge < -0.3 is 5.73 Å². The summed E-state index contributed by atoms with van der Waals surface area (Å²) in [4.78, 5) is 4.27. The molecule has 2 heterocycles. The molecule has 1 aromatic carbocycles. The minimum Gasteiger partial charge on any atom is -0.384 e. The third kappa shape index (κ3) is 1.53. The Morgan fingerprint density at radius 1 is 1.17 bits per heavy atom. The maximum absolute atomic E-state index is 7.58. The van der Waals surface area contributed by atoms with Crippen LogP contribution in [0.1, 0.15) is 5.56 Å². The van der Waals surface area contributed by atoms with Gasteiger partial charge in [-0.1, -0.05) is 18.2 Å². The van der Waals surface area contributed by atoms with Gasteiger partial charge in [-0.3, -0.25) is 5.41 Å². The zero-order valence-electron chi connectivity index (χ0n) is 9.54. The van der Waals surface area contributed by atoms with E-state index in [-0.39, 0.29) is 5.84 Å². The highest BCUT2D eigenvalue weighted by Gasteiger charge is 2.11. The number of hydrogen-bond acceptors (Lipinski definition) is 3. The topological polar surface area (TPSA) is 80.6 Å². The van der Waals surface area contributed by atoms with Crippen molar-refractivity contribution in [2.45, 2.75) is 0 Å². The fraction of sp³-hybridized carbons (Fsp3) is 0. The molecule has 0 unspecified atom stereocenters. The molecule has 0 bridgehead atoms. The van der Waals surface area contributed by atoms with E-state index in [0.717, 1.165) is 10.9 Å². The van der Waals surface area contributed by atoms with Crippen molar-refractivity contribution in [2.24, 2.45) is 5.73 Å². The van der Waals surface area contributed by atoms with Crippen molar-refractivity contribution in [2.75, 3.05) is 0 Å². The van der Waals surface area contributed by atoms with E-state index in [4.69, 9.17) is 11.1 Å². The van der Waals surface area contributed by atoms with Crippen LogP contribution in [0.25, 0.3) is 16.7 Å². The van der Waals surface area contributed by atoms with Crippen LogP contribution in [0.4, 0.5) is 0 Å². The fourth-order valence-electron chi connectivity index (χ4n) is 1.92. The molecule has 0 atom stereocenters. The van der Waals surface area contributed by atoms with E-state index in [1.165, 1.54) is 0 Å². The van der Waals surface area contributed by atoms with E-state index in [9.17, 15) is 0 Å². The minimum atomic E-state index is -0.0160. The van der Waals surface area contributed by atoms with Crippen LogP contribution in [-0.4, -0.2) is 20.6 Å². The highest BCUT2D eigenvalue weighted by molar-refractivity contribution is 5.98. The van der Waals surface area contributed by atoms with Crippen molar-refractivity contribution in [1.82, 2.24) is 14.8 Å². The quantitative estimate of drug-likeness (QED) is 0.526. The van der Waals surface area contributed by atoms with E-state index in [2.05, 4.69) is 10.1 Å². The lowest BCUT2D eigenvalue weighted by atomic mass is 10.2. The molecule has 0 saturated carbocycles. The smallest absolute Gasteiger partial charge is 0.164 e. The van der Waals surface area contributed by atoms with Crippen LogP contribution in [0.15, 0.2) is 48.8 Å². The molecule has 18 heavy (non-hydrogen) atoms. The lowest BCUT2D eigenvalue weighted by molar-refractivity contribution is 0.871. The van der Waals surface area contributed by atoms with Gasteiger partial charge >= 0.3 is 0 Å². The first kappa shape index (κ1) is 10.5. The molecule has 5 heteroatoms. The Balaban J connectivity index is 2.30. The number of para-hydroxylation sites is 1. The summed E-state index contributed by atoms with van der Waals surface area (Å²) in [5.41, 5.74) is 7.09. The highest BCUT2D eigenvalue weighted by Crippen LogP contribution is 2.18. The van der Waals surface area contributed by atoms with Crippen LogP contribution in [0.3, 0.4) is 0 Å². The molecule has 88 valence electrons. The Morgan fingerprint density at radius 2 is 2.00 bits per heavy atom. The average molecular weight is 237 g/mol. The first-order valence-corrected chi connectivity index (χ1v) is 5.50. The van der Waals surface area contributed by atoms with Gasteiger partial charge in [0.1, 0.15) is 5.84 Å². The predicted octanol–water partition coefficient (Wildman–Crippen LogP) is 1.70. The molecule has 0 spiro atoms. The van der Waals surface area contributed by atoms with Crippen LogP contribution < -0.4 is 5.73 Å². The number of nitrogens with zero attached hydrogens (tertiary/aromatic N) is 3. The summed E-state index contributed by atoms with van der Waals surface area (Å²) in [6, 6.07) is 11.4. The predicted molar refractivity (Wildman–Crippen MR) is 69.9 cm³/mol. The zero-order valence-corrected chi connectivity index (χ0v) is 9.54. The second-order valence-corrected chi connectivity index (χ2v) is 3.90. The van der Waals surface area contributed by atoms with Crippen LogP contribution in [-0.2, 0) is 0 Å². The number of hydrogen-bond donors (Lipinski definition) is 2. The Kier molecular flexibility index (Phi) is 2.30. The SMILES string of the molecule is N=C(N)c1cccnc1-n1ncc2ccccc21. The molecule has 3 aromatic rings. The lowest BCUT2D eigenvalue weighted by Gasteiger charge is -2.07. The van der Waals surface area contributed by atoms with Gasteiger partial charge in [-0.25, -0.2) is 9.67 Å². The van der Waals surface area contributed by atoms with Crippen molar-refractivity contribution in [3.05, 3.63) is 54.4 Å². The Morgan fingerprint density at radius 3 is 2.83 bits per heavy atom. The summed E-state index contributed by atoms with van der Waals surface area (Å²) in [5, 5.41) is 12.9. The number of benzene rings is 1. The van der Waals surface area contributed by atoms with Crippen molar-refractivity contribution in [3.63, 3.8) is 0 Å². The van der Waals surface area contributed by atoms with Gasteiger partial charge in [0.05, 0.1) is 17.3 Å². The maximum atomic E-state index is 7.58. The third-order valence-electron chi connectivity index (χ3n) is 2.75. The number of nitrogens with two attached hydrogens (primary N) is 1. The number of nitrogen functional groups attached to an aromatic ring is 1. The highest BCUT2D eigenvalue weighted by atomic mass is 15.3. The molecule has 2 aromatic heterocycles. The lowest BCUT2D eigenvalue weighted by Crippen LogP contribution is -2.16. The fourth-order valence-corrected chi connectivity index (χ4v) is 1.92. The number of fused-ring (bicyclic) bond motifs is 1. The molecule has 0 aliphatic heterocycles. The van der Waals surface area contributed by atoms with Crippen molar-refractivity contribution in [1.29, 1.82) is 5.41 Å². The van der Waals surface area contributed by atoms with E-state index in [1.807, 2.05) is 24.3 Å². The summed E-state index contributed by atoms with van der Waals surface area (Å²) in [6.07, 6.45) is 3.44. The van der Waals surface area contributed by atoms with Gasteiger partial charge in [0, 0.05) is 11.6 Å². The minimum absolute atomic E-state index is 0.0160. The molecule has 3 N–H and O–H groups in total. The van der Waals surface area contributed by atoms with Crippen molar-refractivity contribution < 1.29 is 0 Å². The molecule has 0 aliphatic rings. The molecule has 0 amide bonds. The standard InChI is InChI=1S/C13H11N5/c14-12(15)10-5-3-7-16-13(10)18-11-6-2-1-4-9(11)8-17-18/h1-8H,(H3,14,15). The number of aromatic nitrogens is 3. The first-order chi connectivity index (χ1) is 8.77. The Labute approximate surface area is 103 Å². The van der Waals surface area contributed by atoms with Gasteiger partial charge in [0.15, 0.2) is 5.82 Å². The molecule has 3 rings (SSSR count). The Hall–Kier alpha value is -2.69. The van der Waals surface area contributed by atoms with Crippen molar-refractivity contribution in [3.8, 4) is 5.82 Å². The van der Waals surface area contributed by atoms with E-state index in [1.54, 1.807) is 29.2 Å². The largest absolute Gasteiger partial charge is 0.384 e. The van der Waals surface area contributed by atoms with Crippen LogP contribution in [0.5, 0.6) is 0 Å². The molecule has 0 aliphatic carbocycles. The van der Waals surface area contributed by atoms with E-state index < -0.39 is 0 Å². The second-order valence-electron chi connectivity index (χ2n) is 3.90. The Bertz CT molecular complexity index is 729. The van der Waals surface area contributed by atoms with Crippen LogP contribution in [0, 0.1) is 5.41 Å². The molecule has 0 radical (unpaired) electrons. The van der Waals surface area contributed by atoms with E-state index >= 15 is 0 Å². The zero-order chi connectivity index (χ0) is 12.5. The van der Waals surface area contributed by atoms with Gasteiger partial charge in [-0.15, -0.1) is 0 Å². The number of nitrogens with one attached hydrogen (secondary N) is 1. The van der Waals surface area contributed by atoms with Gasteiger partial charge in [-0.2, -0.15) is 5.10 Å². The molecular weight excluding hydrogens is 226 g/mol. The summed E-state index contributed by atoms with van der Waals surface area (Å²) in [7, 11) is 0. The monoisotopic (exact) mass is 237 g/mol. The first-order valence-electron chi connectivity index (χ1n) is 5.50. The summed E-state index contributed by atoms with van der Waals surface area (Å²) in [5.74, 6) is 0.559. The molecular formula is C13H11N5. The molecule has 5 nitrogen and oxygen atoms in total.